The van der Waals surface area contributed by atoms with Gasteiger partial charge in [-0.25, -0.2) is 4.98 Å². The van der Waals surface area contributed by atoms with Crippen LogP contribution in [0, 0.1) is 0 Å². The fraction of sp³-hybridized carbons (Fsp3) is 0.192. The van der Waals surface area contributed by atoms with Crippen LogP contribution in [0.2, 0.25) is 0 Å². The maximum atomic E-state index is 13.1. The highest BCUT2D eigenvalue weighted by Crippen LogP contribution is 2.36. The van der Waals surface area contributed by atoms with E-state index in [0.29, 0.717) is 28.3 Å². The Labute approximate surface area is 205 Å². The molecule has 0 radical (unpaired) electrons. The highest BCUT2D eigenvalue weighted by atomic mass is 32.2. The van der Waals surface area contributed by atoms with Crippen molar-refractivity contribution in [2.24, 2.45) is 4.99 Å². The van der Waals surface area contributed by atoms with E-state index < -0.39 is 0 Å². The monoisotopic (exact) mass is 482 g/mol. The van der Waals surface area contributed by atoms with Gasteiger partial charge in [-0.1, -0.05) is 42.1 Å². The third kappa shape index (κ3) is 4.30. The van der Waals surface area contributed by atoms with Crippen molar-refractivity contribution in [3.05, 3.63) is 76.5 Å². The Hall–Kier alpha value is -3.98. The number of benzene rings is 2. The molecule has 2 aromatic heterocycles. The average Bonchev–Trinajstić information content (AvgIpc) is 3.30. The van der Waals surface area contributed by atoms with Crippen LogP contribution in [0.5, 0.6) is 0 Å². The molecule has 2 aliphatic rings. The number of fused-ring (bicyclic) bond motifs is 2. The Balaban J connectivity index is 1.20. The summed E-state index contributed by atoms with van der Waals surface area (Å²) in [6, 6.07) is 14.8. The van der Waals surface area contributed by atoms with Gasteiger partial charge in [0.05, 0.1) is 17.6 Å². The molecule has 1 aliphatic heterocycles. The minimum atomic E-state index is -0.384. The second-order valence-electron chi connectivity index (χ2n) is 8.57. The fourth-order valence-electron chi connectivity index (χ4n) is 4.43. The van der Waals surface area contributed by atoms with Gasteiger partial charge in [0.2, 0.25) is 5.95 Å². The molecule has 0 saturated carbocycles. The van der Waals surface area contributed by atoms with Crippen LogP contribution in [0.3, 0.4) is 0 Å². The number of amidine groups is 1. The standard InChI is InChI=1S/C26H22N6O2S/c33-23(32-26-28-14-17-8-3-4-11-21(17)35-26)18-9-5-10-19-22(18)30-25(29-19)31-24(34)20-12-15-6-1-2-7-16(15)13-27-20/h1-2,5-7,9-10,12-13H,3-4,8,11,14H2,(H,28,32,33)(H2,29,30,31,34). The molecule has 9 heteroatoms. The van der Waals surface area contributed by atoms with E-state index in [0.717, 1.165) is 23.6 Å². The van der Waals surface area contributed by atoms with Crippen LogP contribution in [-0.2, 0) is 0 Å². The normalized spacial score (nSPS) is 15.6. The number of pyridine rings is 1. The number of imidazole rings is 1. The Morgan fingerprint density at radius 2 is 1.80 bits per heavy atom. The number of H-pyrrole nitrogens is 1. The molecule has 8 nitrogen and oxygen atoms in total. The molecule has 0 bridgehead atoms. The third-order valence-corrected chi connectivity index (χ3v) is 7.40. The number of anilines is 1. The lowest BCUT2D eigenvalue weighted by Gasteiger charge is -2.23. The molecule has 0 fully saturated rings. The van der Waals surface area contributed by atoms with Crippen molar-refractivity contribution in [3.8, 4) is 0 Å². The Morgan fingerprint density at radius 1 is 0.943 bits per heavy atom. The first-order valence-electron chi connectivity index (χ1n) is 11.5. The van der Waals surface area contributed by atoms with Crippen LogP contribution in [0.25, 0.3) is 21.8 Å². The first-order chi connectivity index (χ1) is 17.1. The summed E-state index contributed by atoms with van der Waals surface area (Å²) >= 11 is 1.56. The minimum absolute atomic E-state index is 0.251. The molecule has 6 rings (SSSR count). The number of nitrogens with one attached hydrogen (secondary N) is 3. The number of thioether (sulfide) groups is 1. The molecule has 174 valence electrons. The van der Waals surface area contributed by atoms with Gasteiger partial charge >= 0.3 is 0 Å². The Kier molecular flexibility index (Phi) is 5.54. The number of rotatable bonds is 3. The van der Waals surface area contributed by atoms with E-state index in [1.54, 1.807) is 36.2 Å². The van der Waals surface area contributed by atoms with Gasteiger partial charge in [-0.2, -0.15) is 0 Å². The number of hydrogen-bond acceptors (Lipinski definition) is 6. The number of carbonyl (C=O) groups excluding carboxylic acids is 2. The summed E-state index contributed by atoms with van der Waals surface area (Å²) in [7, 11) is 0. The second-order valence-corrected chi connectivity index (χ2v) is 9.65. The fourth-order valence-corrected chi connectivity index (χ4v) is 5.49. The quantitative estimate of drug-likeness (QED) is 0.379. The molecule has 0 unspecified atom stereocenters. The zero-order chi connectivity index (χ0) is 23.8. The number of carbonyl (C=O) groups is 2. The number of aliphatic imine (C=N–C) groups is 1. The number of amides is 2. The number of para-hydroxylation sites is 1. The summed E-state index contributed by atoms with van der Waals surface area (Å²) < 4.78 is 0. The zero-order valence-electron chi connectivity index (χ0n) is 18.8. The average molecular weight is 483 g/mol. The van der Waals surface area contributed by atoms with Gasteiger partial charge < -0.3 is 10.3 Å². The smallest absolute Gasteiger partial charge is 0.276 e. The predicted molar refractivity (Wildman–Crippen MR) is 139 cm³/mol. The SMILES string of the molecule is O=C(Nc1nc2c(C(=O)NC3=NCC4=C(CCCC4)S3)cccc2[nH]1)c1cc2ccccc2cn1. The summed E-state index contributed by atoms with van der Waals surface area (Å²) in [6.45, 7) is 0.656. The highest BCUT2D eigenvalue weighted by Gasteiger charge is 2.22. The van der Waals surface area contributed by atoms with Gasteiger partial charge in [-0.05, 0) is 59.7 Å². The number of nitrogens with zero attached hydrogens (tertiary/aromatic N) is 3. The van der Waals surface area contributed by atoms with Crippen molar-refractivity contribution in [1.82, 2.24) is 20.3 Å². The first kappa shape index (κ1) is 21.5. The first-order valence-corrected chi connectivity index (χ1v) is 12.3. The predicted octanol–water partition coefficient (Wildman–Crippen LogP) is 5.02. The summed E-state index contributed by atoms with van der Waals surface area (Å²) in [5.41, 5.74) is 3.22. The Bertz CT molecular complexity index is 1550. The van der Waals surface area contributed by atoms with Gasteiger partial charge in [-0.3, -0.25) is 24.9 Å². The number of allylic oxidation sites excluding steroid dienone is 1. The van der Waals surface area contributed by atoms with Crippen molar-refractivity contribution in [2.75, 3.05) is 11.9 Å². The topological polar surface area (TPSA) is 112 Å². The van der Waals surface area contributed by atoms with Crippen molar-refractivity contribution in [1.29, 1.82) is 0 Å². The van der Waals surface area contributed by atoms with E-state index in [1.807, 2.05) is 30.3 Å². The molecule has 2 amide bonds. The molecule has 3 heterocycles. The maximum absolute atomic E-state index is 13.1. The van der Waals surface area contributed by atoms with Gasteiger partial charge in [-0.15, -0.1) is 0 Å². The van der Waals surface area contributed by atoms with Crippen molar-refractivity contribution >= 4 is 56.5 Å². The van der Waals surface area contributed by atoms with E-state index in [4.69, 9.17) is 0 Å². The molecule has 3 N–H and O–H groups in total. The number of aromatic nitrogens is 3. The molecular formula is C26H22N6O2S. The lowest BCUT2D eigenvalue weighted by atomic mass is 9.99. The largest absolute Gasteiger partial charge is 0.324 e. The van der Waals surface area contributed by atoms with Crippen LogP contribution in [0.1, 0.15) is 46.5 Å². The van der Waals surface area contributed by atoms with Gasteiger partial charge in [0.15, 0.2) is 5.17 Å². The van der Waals surface area contributed by atoms with Crippen LogP contribution in [0.15, 0.2) is 70.2 Å². The summed E-state index contributed by atoms with van der Waals surface area (Å²) in [6.07, 6.45) is 6.22. The molecule has 2 aromatic carbocycles. The van der Waals surface area contributed by atoms with E-state index in [9.17, 15) is 9.59 Å². The van der Waals surface area contributed by atoms with Crippen molar-refractivity contribution < 1.29 is 9.59 Å². The molecule has 0 saturated heterocycles. The van der Waals surface area contributed by atoms with Gasteiger partial charge in [0, 0.05) is 11.6 Å². The van der Waals surface area contributed by atoms with Crippen LogP contribution >= 0.6 is 11.8 Å². The lowest BCUT2D eigenvalue weighted by molar-refractivity contribution is 0.0978. The molecular weight excluding hydrogens is 460 g/mol. The molecule has 35 heavy (non-hydrogen) atoms. The number of hydrogen-bond donors (Lipinski definition) is 3. The lowest BCUT2D eigenvalue weighted by Crippen LogP contribution is -2.30. The summed E-state index contributed by atoms with van der Waals surface area (Å²) in [4.78, 5) is 43.6. The molecule has 4 aromatic rings. The van der Waals surface area contributed by atoms with E-state index in [2.05, 4.69) is 30.6 Å². The third-order valence-electron chi connectivity index (χ3n) is 6.23. The zero-order valence-corrected chi connectivity index (χ0v) is 19.6. The van der Waals surface area contributed by atoms with Crippen molar-refractivity contribution in [3.63, 3.8) is 0 Å². The molecule has 0 spiro atoms. The Morgan fingerprint density at radius 3 is 2.71 bits per heavy atom. The molecule has 0 atom stereocenters. The van der Waals surface area contributed by atoms with Crippen LogP contribution < -0.4 is 10.6 Å². The summed E-state index contributed by atoms with van der Waals surface area (Å²) in [5, 5.41) is 8.21. The molecule has 1 aliphatic carbocycles. The number of aromatic amines is 1. The van der Waals surface area contributed by atoms with Crippen LogP contribution in [0.4, 0.5) is 5.95 Å². The van der Waals surface area contributed by atoms with Gasteiger partial charge in [0.25, 0.3) is 11.8 Å². The van der Waals surface area contributed by atoms with Crippen LogP contribution in [-0.4, -0.2) is 38.5 Å². The minimum Gasteiger partial charge on any atom is -0.324 e. The van der Waals surface area contributed by atoms with E-state index in [-0.39, 0.29) is 23.5 Å². The van der Waals surface area contributed by atoms with Gasteiger partial charge in [0.1, 0.15) is 11.2 Å². The second kappa shape index (κ2) is 8.99. The van der Waals surface area contributed by atoms with E-state index in [1.165, 1.54) is 23.3 Å². The maximum Gasteiger partial charge on any atom is 0.276 e. The van der Waals surface area contributed by atoms with Crippen molar-refractivity contribution in [2.45, 2.75) is 25.7 Å². The highest BCUT2D eigenvalue weighted by molar-refractivity contribution is 8.17. The van der Waals surface area contributed by atoms with E-state index >= 15 is 0 Å². The summed E-state index contributed by atoms with van der Waals surface area (Å²) in [5.74, 6) is -0.408.